The smallest absolute Gasteiger partial charge is 0.189 e. The highest BCUT2D eigenvalue weighted by Crippen LogP contribution is 2.27. The van der Waals surface area contributed by atoms with Crippen LogP contribution in [0.1, 0.15) is 34.1 Å². The van der Waals surface area contributed by atoms with Crippen molar-refractivity contribution in [3.8, 4) is 11.5 Å². The van der Waals surface area contributed by atoms with Crippen LogP contribution in [0.4, 0.5) is 0 Å². The molecule has 162 valence electrons. The Balaban J connectivity index is 1.54. The van der Waals surface area contributed by atoms with Crippen LogP contribution in [0.15, 0.2) is 67.0 Å². The third-order valence-electron chi connectivity index (χ3n) is 5.25. The summed E-state index contributed by atoms with van der Waals surface area (Å²) in [5, 5.41) is 5.36. The fraction of sp³-hybridized carbons (Fsp3) is 0.192. The predicted octanol–water partition coefficient (Wildman–Crippen LogP) is 5.24. The first-order valence-electron chi connectivity index (χ1n) is 10.5. The molecule has 0 aliphatic carbocycles. The number of rotatable bonds is 8. The Hall–Kier alpha value is -3.93. The molecule has 4 aromatic rings. The Morgan fingerprint density at radius 3 is 2.75 bits per heavy atom. The minimum atomic E-state index is -0.0716. The van der Waals surface area contributed by atoms with Gasteiger partial charge >= 0.3 is 0 Å². The number of hydrogen-bond donors (Lipinski definition) is 0. The third-order valence-corrected chi connectivity index (χ3v) is 5.25. The lowest BCUT2D eigenvalue weighted by atomic mass is 10.1. The molecule has 0 saturated heterocycles. The Morgan fingerprint density at radius 2 is 1.97 bits per heavy atom. The number of carbonyl (C=O) groups excluding carboxylic acids is 1. The Labute approximate surface area is 187 Å². The zero-order chi connectivity index (χ0) is 22.5. The van der Waals surface area contributed by atoms with Crippen molar-refractivity contribution in [1.82, 2.24) is 14.8 Å². The maximum absolute atomic E-state index is 12.6. The maximum Gasteiger partial charge on any atom is 0.189 e. The molecule has 0 atom stereocenters. The van der Waals surface area contributed by atoms with E-state index >= 15 is 0 Å². The summed E-state index contributed by atoms with van der Waals surface area (Å²) < 4.78 is 13.4. The number of benzene rings is 2. The molecular weight excluding hydrogens is 402 g/mol. The predicted molar refractivity (Wildman–Crippen MR) is 125 cm³/mol. The molecule has 2 heterocycles. The molecule has 0 amide bonds. The summed E-state index contributed by atoms with van der Waals surface area (Å²) in [4.78, 5) is 17.0. The lowest BCUT2D eigenvalue weighted by molar-refractivity contribution is 0.104. The van der Waals surface area contributed by atoms with Crippen LogP contribution in [0.3, 0.4) is 0 Å². The number of fused-ring (bicyclic) bond motifs is 1. The minimum Gasteiger partial charge on any atom is -0.496 e. The molecule has 2 aromatic heterocycles. The molecule has 6 nitrogen and oxygen atoms in total. The van der Waals surface area contributed by atoms with Crippen LogP contribution >= 0.6 is 0 Å². The van der Waals surface area contributed by atoms with E-state index in [4.69, 9.17) is 9.47 Å². The minimum absolute atomic E-state index is 0.0716. The molecular formula is C26H25N3O3. The molecule has 2 aromatic carbocycles. The summed E-state index contributed by atoms with van der Waals surface area (Å²) in [6.07, 6.45) is 6.91. The molecule has 0 saturated carbocycles. The zero-order valence-corrected chi connectivity index (χ0v) is 18.4. The van der Waals surface area contributed by atoms with E-state index in [2.05, 4.69) is 10.1 Å². The van der Waals surface area contributed by atoms with Crippen LogP contribution in [0.5, 0.6) is 11.5 Å². The summed E-state index contributed by atoms with van der Waals surface area (Å²) in [5.41, 5.74) is 3.93. The monoisotopic (exact) mass is 427 g/mol. The van der Waals surface area contributed by atoms with E-state index in [1.165, 1.54) is 0 Å². The van der Waals surface area contributed by atoms with Crippen molar-refractivity contribution in [2.24, 2.45) is 0 Å². The van der Waals surface area contributed by atoms with E-state index in [1.807, 2.05) is 62.4 Å². The van der Waals surface area contributed by atoms with Gasteiger partial charge in [0.05, 0.1) is 18.4 Å². The van der Waals surface area contributed by atoms with E-state index in [-0.39, 0.29) is 5.78 Å². The zero-order valence-electron chi connectivity index (χ0n) is 18.4. The van der Waals surface area contributed by atoms with Crippen molar-refractivity contribution in [2.75, 3.05) is 7.11 Å². The summed E-state index contributed by atoms with van der Waals surface area (Å²) in [7, 11) is 1.63. The van der Waals surface area contributed by atoms with Gasteiger partial charge in [-0.3, -0.25) is 14.5 Å². The van der Waals surface area contributed by atoms with E-state index in [1.54, 1.807) is 36.3 Å². The number of para-hydroxylation sites is 1. The second-order valence-electron chi connectivity index (χ2n) is 7.37. The summed E-state index contributed by atoms with van der Waals surface area (Å²) in [6.45, 7) is 4.88. The number of aryl methyl sites for hydroxylation is 2. The highest BCUT2D eigenvalue weighted by atomic mass is 16.5. The molecule has 0 radical (unpaired) electrons. The molecule has 4 rings (SSSR count). The van der Waals surface area contributed by atoms with Crippen LogP contribution in [-0.2, 0) is 13.2 Å². The first-order valence-corrected chi connectivity index (χ1v) is 10.5. The number of pyridine rings is 1. The van der Waals surface area contributed by atoms with Crippen LogP contribution in [0.2, 0.25) is 0 Å². The first kappa shape index (κ1) is 21.3. The van der Waals surface area contributed by atoms with Gasteiger partial charge in [-0.2, -0.15) is 5.10 Å². The highest BCUT2D eigenvalue weighted by molar-refractivity contribution is 6.07. The third kappa shape index (κ3) is 4.54. The van der Waals surface area contributed by atoms with E-state index in [9.17, 15) is 4.79 Å². The van der Waals surface area contributed by atoms with Gasteiger partial charge in [0.15, 0.2) is 5.78 Å². The molecule has 6 heteroatoms. The quantitative estimate of drug-likeness (QED) is 0.284. The largest absolute Gasteiger partial charge is 0.496 e. The number of hydrogen-bond acceptors (Lipinski definition) is 5. The van der Waals surface area contributed by atoms with Gasteiger partial charge in [0.1, 0.15) is 23.6 Å². The maximum atomic E-state index is 12.6. The lowest BCUT2D eigenvalue weighted by Gasteiger charge is -2.12. The van der Waals surface area contributed by atoms with E-state index < -0.39 is 0 Å². The molecule has 0 unspecified atom stereocenters. The van der Waals surface area contributed by atoms with Crippen molar-refractivity contribution in [3.63, 3.8) is 0 Å². The number of allylic oxidation sites excluding steroid dienone is 1. The number of nitrogens with zero attached hydrogens (tertiary/aromatic N) is 3. The lowest BCUT2D eigenvalue weighted by Crippen LogP contribution is -2.00. The average molecular weight is 428 g/mol. The normalized spacial score (nSPS) is 11.2. The van der Waals surface area contributed by atoms with Crippen molar-refractivity contribution in [1.29, 1.82) is 0 Å². The van der Waals surface area contributed by atoms with Gasteiger partial charge in [0, 0.05) is 29.9 Å². The van der Waals surface area contributed by atoms with Crippen molar-refractivity contribution < 1.29 is 14.3 Å². The number of ether oxygens (including phenoxy) is 2. The molecule has 0 spiro atoms. The van der Waals surface area contributed by atoms with Crippen LogP contribution in [0.25, 0.3) is 17.0 Å². The van der Waals surface area contributed by atoms with E-state index in [0.29, 0.717) is 17.9 Å². The van der Waals surface area contributed by atoms with Crippen molar-refractivity contribution in [3.05, 3.63) is 89.4 Å². The summed E-state index contributed by atoms with van der Waals surface area (Å²) in [6, 6.07) is 15.5. The van der Waals surface area contributed by atoms with Gasteiger partial charge in [-0.15, -0.1) is 0 Å². The summed E-state index contributed by atoms with van der Waals surface area (Å²) in [5.74, 6) is 1.36. The van der Waals surface area contributed by atoms with Crippen molar-refractivity contribution in [2.45, 2.75) is 27.0 Å². The first-order chi connectivity index (χ1) is 15.6. The Bertz CT molecular complexity index is 1290. The van der Waals surface area contributed by atoms with Gasteiger partial charge in [-0.05, 0) is 49.8 Å². The molecule has 0 fully saturated rings. The molecule has 0 aliphatic heterocycles. The van der Waals surface area contributed by atoms with Gasteiger partial charge in [-0.1, -0.05) is 30.3 Å². The Morgan fingerprint density at radius 1 is 1.12 bits per heavy atom. The summed E-state index contributed by atoms with van der Waals surface area (Å²) >= 11 is 0. The fourth-order valence-electron chi connectivity index (χ4n) is 3.55. The number of aromatic nitrogens is 3. The second kappa shape index (κ2) is 9.47. The highest BCUT2D eigenvalue weighted by Gasteiger charge is 2.11. The number of methoxy groups -OCH3 is 1. The van der Waals surface area contributed by atoms with Crippen LogP contribution < -0.4 is 9.47 Å². The fourth-order valence-corrected chi connectivity index (χ4v) is 3.55. The molecule has 0 bridgehead atoms. The molecule has 0 N–H and O–H groups in total. The second-order valence-corrected chi connectivity index (χ2v) is 7.37. The number of ketones is 1. The van der Waals surface area contributed by atoms with Gasteiger partial charge < -0.3 is 9.47 Å². The number of carbonyl (C=O) groups is 1. The molecule has 32 heavy (non-hydrogen) atoms. The average Bonchev–Trinajstić information content (AvgIpc) is 3.22. The standard InChI is InChI=1S/C26H25N3O3/c1-4-29-16-22(18(2)28-29)23(30)12-10-19-11-13-24(31-3)21(15-19)17-32-25-9-5-7-20-8-6-14-27-26(20)25/h5-16H,4,17H2,1-3H3/b12-10+. The van der Waals surface area contributed by atoms with E-state index in [0.717, 1.165) is 40.0 Å². The molecule has 0 aliphatic rings. The van der Waals surface area contributed by atoms with Gasteiger partial charge in [0.2, 0.25) is 0 Å². The topological polar surface area (TPSA) is 66.2 Å². The van der Waals surface area contributed by atoms with Gasteiger partial charge in [0.25, 0.3) is 0 Å². The van der Waals surface area contributed by atoms with Gasteiger partial charge in [-0.25, -0.2) is 0 Å². The van der Waals surface area contributed by atoms with Crippen LogP contribution in [-0.4, -0.2) is 27.7 Å². The Kier molecular flexibility index (Phi) is 6.31. The van der Waals surface area contributed by atoms with Crippen molar-refractivity contribution >= 4 is 22.8 Å². The van der Waals surface area contributed by atoms with Crippen LogP contribution in [0, 0.1) is 6.92 Å². The SMILES string of the molecule is CCn1cc(C(=O)/C=C/c2ccc(OC)c(COc3cccc4cccnc34)c2)c(C)n1.